The molecule has 0 radical (unpaired) electrons. The molecule has 1 amide bonds. The van der Waals surface area contributed by atoms with Crippen LogP contribution in [0.25, 0.3) is 11.4 Å². The fourth-order valence-electron chi connectivity index (χ4n) is 2.13. The van der Waals surface area contributed by atoms with Crippen LogP contribution in [0.4, 0.5) is 5.69 Å². The summed E-state index contributed by atoms with van der Waals surface area (Å²) in [4.78, 5) is 17.4. The summed E-state index contributed by atoms with van der Waals surface area (Å²) in [5.41, 5.74) is 3.78. The lowest BCUT2D eigenvalue weighted by molar-refractivity contribution is -0.117. The van der Waals surface area contributed by atoms with E-state index in [0.717, 1.165) is 22.4 Å². The van der Waals surface area contributed by atoms with Crippen LogP contribution in [0.15, 0.2) is 42.7 Å². The van der Waals surface area contributed by atoms with Crippen LogP contribution < -0.4 is 5.32 Å². The van der Waals surface area contributed by atoms with Crippen molar-refractivity contribution in [2.75, 3.05) is 5.32 Å². The first-order valence-electron chi connectivity index (χ1n) is 7.18. The topological polar surface area (TPSA) is 85.6 Å². The van der Waals surface area contributed by atoms with Gasteiger partial charge in [-0.25, -0.2) is 0 Å². The number of pyridine rings is 1. The quantitative estimate of drug-likeness (QED) is 0.796. The molecule has 0 saturated heterocycles. The number of nitrogens with zero attached hydrogens (tertiary/aromatic N) is 5. The number of tetrazole rings is 1. The van der Waals surface area contributed by atoms with Gasteiger partial charge in [0.2, 0.25) is 11.7 Å². The lowest BCUT2D eigenvalue weighted by atomic mass is 10.1. The first-order chi connectivity index (χ1) is 11.1. The molecule has 2 aromatic heterocycles. The Morgan fingerprint density at radius 1 is 1.17 bits per heavy atom. The van der Waals surface area contributed by atoms with Crippen molar-refractivity contribution in [3.8, 4) is 11.4 Å². The zero-order valence-corrected chi connectivity index (χ0v) is 12.9. The summed E-state index contributed by atoms with van der Waals surface area (Å²) < 4.78 is 0. The highest BCUT2D eigenvalue weighted by Gasteiger charge is 2.10. The second-order valence-electron chi connectivity index (χ2n) is 5.17. The summed E-state index contributed by atoms with van der Waals surface area (Å²) in [6, 6.07) is 9.37. The number of carbonyl (C=O) groups excluding carboxylic acids is 1. The molecule has 0 aliphatic rings. The first-order valence-corrected chi connectivity index (χ1v) is 7.18. The predicted molar refractivity (Wildman–Crippen MR) is 85.6 cm³/mol. The Hall–Kier alpha value is -3.09. The van der Waals surface area contributed by atoms with E-state index >= 15 is 0 Å². The largest absolute Gasteiger partial charge is 0.324 e. The second kappa shape index (κ2) is 6.35. The normalized spacial score (nSPS) is 10.5. The van der Waals surface area contributed by atoms with Crippen molar-refractivity contribution in [1.82, 2.24) is 25.2 Å². The zero-order chi connectivity index (χ0) is 16.2. The van der Waals surface area contributed by atoms with Crippen molar-refractivity contribution in [3.05, 3.63) is 53.9 Å². The van der Waals surface area contributed by atoms with Crippen molar-refractivity contribution in [2.24, 2.45) is 0 Å². The average Bonchev–Trinajstić information content (AvgIpc) is 3.01. The minimum absolute atomic E-state index is 0.00542. The van der Waals surface area contributed by atoms with Crippen LogP contribution >= 0.6 is 0 Å². The third kappa shape index (κ3) is 3.39. The monoisotopic (exact) mass is 308 g/mol. The Bertz CT molecular complexity index is 828. The molecule has 7 heteroatoms. The van der Waals surface area contributed by atoms with Gasteiger partial charge in [0.15, 0.2) is 0 Å². The average molecular weight is 308 g/mol. The molecule has 23 heavy (non-hydrogen) atoms. The van der Waals surface area contributed by atoms with E-state index in [1.807, 2.05) is 32.0 Å². The molecule has 1 aromatic carbocycles. The standard InChI is InChI=1S/C16H16N6O/c1-11-4-3-5-14(12(11)2)18-15(23)10-22-20-16(19-21-22)13-6-8-17-9-7-13/h3-9H,10H2,1-2H3,(H,18,23). The van der Waals surface area contributed by atoms with Gasteiger partial charge in [-0.1, -0.05) is 12.1 Å². The number of nitrogens with one attached hydrogen (secondary N) is 1. The van der Waals surface area contributed by atoms with Crippen LogP contribution in [-0.2, 0) is 11.3 Å². The molecule has 0 bridgehead atoms. The zero-order valence-electron chi connectivity index (χ0n) is 12.9. The maximum atomic E-state index is 12.1. The minimum Gasteiger partial charge on any atom is -0.324 e. The number of carbonyl (C=O) groups is 1. The molecular weight excluding hydrogens is 292 g/mol. The number of hydrogen-bond donors (Lipinski definition) is 1. The second-order valence-corrected chi connectivity index (χ2v) is 5.17. The van der Waals surface area contributed by atoms with E-state index in [-0.39, 0.29) is 12.5 Å². The molecule has 2 heterocycles. The van der Waals surface area contributed by atoms with Gasteiger partial charge in [-0.2, -0.15) is 4.80 Å². The van der Waals surface area contributed by atoms with Gasteiger partial charge in [0.25, 0.3) is 0 Å². The van der Waals surface area contributed by atoms with Gasteiger partial charge in [-0.15, -0.1) is 10.2 Å². The van der Waals surface area contributed by atoms with Gasteiger partial charge >= 0.3 is 0 Å². The molecule has 1 N–H and O–H groups in total. The molecule has 0 saturated carbocycles. The minimum atomic E-state index is -0.197. The third-order valence-electron chi connectivity index (χ3n) is 3.56. The van der Waals surface area contributed by atoms with Gasteiger partial charge < -0.3 is 5.32 Å². The molecule has 0 fully saturated rings. The number of hydrogen-bond acceptors (Lipinski definition) is 5. The summed E-state index contributed by atoms with van der Waals surface area (Å²) >= 11 is 0. The fourth-order valence-corrected chi connectivity index (χ4v) is 2.13. The Labute approximate surface area is 133 Å². The van der Waals surface area contributed by atoms with Crippen LogP contribution in [-0.4, -0.2) is 31.1 Å². The molecule has 3 rings (SSSR count). The Morgan fingerprint density at radius 2 is 1.96 bits per heavy atom. The van der Waals surface area contributed by atoms with Crippen LogP contribution in [0.5, 0.6) is 0 Å². The maximum absolute atomic E-state index is 12.1. The fraction of sp³-hybridized carbons (Fsp3) is 0.188. The Balaban J connectivity index is 1.69. The first kappa shape index (κ1) is 14.8. The molecule has 116 valence electrons. The molecule has 3 aromatic rings. The number of rotatable bonds is 4. The van der Waals surface area contributed by atoms with Crippen molar-refractivity contribution in [1.29, 1.82) is 0 Å². The van der Waals surface area contributed by atoms with Gasteiger partial charge in [0.05, 0.1) is 0 Å². The summed E-state index contributed by atoms with van der Waals surface area (Å²) in [5, 5.41) is 14.9. The maximum Gasteiger partial charge on any atom is 0.248 e. The smallest absolute Gasteiger partial charge is 0.248 e. The highest BCUT2D eigenvalue weighted by atomic mass is 16.2. The molecule has 0 aliphatic heterocycles. The molecule has 7 nitrogen and oxygen atoms in total. The van der Waals surface area contributed by atoms with Crippen molar-refractivity contribution in [3.63, 3.8) is 0 Å². The highest BCUT2D eigenvalue weighted by Crippen LogP contribution is 2.18. The van der Waals surface area contributed by atoms with Crippen molar-refractivity contribution in [2.45, 2.75) is 20.4 Å². The van der Waals surface area contributed by atoms with E-state index in [0.29, 0.717) is 5.82 Å². The molecule has 0 aliphatic carbocycles. The van der Waals surface area contributed by atoms with Crippen molar-refractivity contribution < 1.29 is 4.79 Å². The van der Waals surface area contributed by atoms with Crippen LogP contribution in [0.1, 0.15) is 11.1 Å². The van der Waals surface area contributed by atoms with Crippen molar-refractivity contribution >= 4 is 11.6 Å². The van der Waals surface area contributed by atoms with E-state index in [1.165, 1.54) is 4.80 Å². The predicted octanol–water partition coefficient (Wildman–Crippen LogP) is 1.99. The SMILES string of the molecule is Cc1cccc(NC(=O)Cn2nnc(-c3ccncc3)n2)c1C. The van der Waals surface area contributed by atoms with E-state index in [1.54, 1.807) is 24.5 Å². The molecule has 0 unspecified atom stereocenters. The van der Waals surface area contributed by atoms with Gasteiger partial charge in [0, 0.05) is 23.6 Å². The Kier molecular flexibility index (Phi) is 4.09. The summed E-state index contributed by atoms with van der Waals surface area (Å²) in [5.74, 6) is 0.268. The van der Waals surface area contributed by atoms with Crippen LogP contribution in [0.3, 0.4) is 0 Å². The number of benzene rings is 1. The third-order valence-corrected chi connectivity index (χ3v) is 3.56. The lowest BCUT2D eigenvalue weighted by Gasteiger charge is -2.09. The van der Waals surface area contributed by atoms with E-state index < -0.39 is 0 Å². The van der Waals surface area contributed by atoms with Crippen LogP contribution in [0, 0.1) is 13.8 Å². The van der Waals surface area contributed by atoms with Crippen LogP contribution in [0.2, 0.25) is 0 Å². The summed E-state index contributed by atoms with van der Waals surface area (Å²) in [7, 11) is 0. The van der Waals surface area contributed by atoms with Gasteiger partial charge in [0.1, 0.15) is 6.54 Å². The number of aromatic nitrogens is 5. The van der Waals surface area contributed by atoms with Gasteiger partial charge in [-0.3, -0.25) is 9.78 Å². The molecule has 0 atom stereocenters. The Morgan fingerprint density at radius 3 is 2.74 bits per heavy atom. The van der Waals surface area contributed by atoms with E-state index in [9.17, 15) is 4.79 Å². The lowest BCUT2D eigenvalue weighted by Crippen LogP contribution is -2.21. The summed E-state index contributed by atoms with van der Waals surface area (Å²) in [6.07, 6.45) is 3.31. The van der Waals surface area contributed by atoms with E-state index in [4.69, 9.17) is 0 Å². The van der Waals surface area contributed by atoms with Gasteiger partial charge in [-0.05, 0) is 48.4 Å². The number of amides is 1. The highest BCUT2D eigenvalue weighted by molar-refractivity contribution is 5.91. The molecular formula is C16H16N6O. The van der Waals surface area contributed by atoms with E-state index in [2.05, 4.69) is 25.7 Å². The number of aryl methyl sites for hydroxylation is 1. The summed E-state index contributed by atoms with van der Waals surface area (Å²) in [6.45, 7) is 3.98. The molecule has 0 spiro atoms. The number of anilines is 1.